The quantitative estimate of drug-likeness (QED) is 0.431. The fraction of sp³-hybridized carbons (Fsp3) is 0.250. The van der Waals surface area contributed by atoms with Gasteiger partial charge in [0.15, 0.2) is 0 Å². The summed E-state index contributed by atoms with van der Waals surface area (Å²) < 4.78 is 0. The number of hydrogen-bond donors (Lipinski definition) is 3. The molecule has 0 bridgehead atoms. The van der Waals surface area contributed by atoms with E-state index in [4.69, 9.17) is 11.6 Å². The molecule has 0 unspecified atom stereocenters. The van der Waals surface area contributed by atoms with Crippen molar-refractivity contribution in [1.82, 2.24) is 0 Å². The van der Waals surface area contributed by atoms with Crippen LogP contribution in [0.1, 0.15) is 11.1 Å². The van der Waals surface area contributed by atoms with E-state index in [1.165, 1.54) is 0 Å². The van der Waals surface area contributed by atoms with Crippen LogP contribution >= 0.6 is 0 Å². The predicted molar refractivity (Wildman–Crippen MR) is 46.9 cm³/mol. The van der Waals surface area contributed by atoms with E-state index >= 15 is 0 Å². The highest BCUT2D eigenvalue weighted by Gasteiger charge is 1.95. The fourth-order valence-corrected chi connectivity index (χ4v) is 1.01. The van der Waals surface area contributed by atoms with Gasteiger partial charge in [-0.2, -0.15) is 0 Å². The lowest BCUT2D eigenvalue weighted by molar-refractivity contribution is 1.06. The zero-order valence-electron chi connectivity index (χ0n) is 6.59. The molecule has 0 radical (unpaired) electrons. The van der Waals surface area contributed by atoms with Crippen molar-refractivity contribution in [3.8, 4) is 0 Å². The van der Waals surface area contributed by atoms with Crippen LogP contribution < -0.4 is 17.0 Å². The Morgan fingerprint density at radius 1 is 1.45 bits per heavy atom. The van der Waals surface area contributed by atoms with E-state index in [1.54, 1.807) is 0 Å². The lowest BCUT2D eigenvalue weighted by Crippen LogP contribution is -2.08. The minimum Gasteiger partial charge on any atom is -0.326 e. The molecule has 0 saturated carbocycles. The third kappa shape index (κ3) is 1.69. The highest BCUT2D eigenvalue weighted by molar-refractivity contribution is 5.50. The zero-order valence-corrected chi connectivity index (χ0v) is 6.59. The van der Waals surface area contributed by atoms with Gasteiger partial charge in [-0.3, -0.25) is 5.84 Å². The largest absolute Gasteiger partial charge is 0.326 e. The standard InChI is InChI=1S/C8H13N3/c1-6-4-7(5-9)2-3-8(6)11-10/h2-4,11H,5,9-10H2,1H3. The zero-order chi connectivity index (χ0) is 8.27. The van der Waals surface area contributed by atoms with Crippen LogP contribution in [0.15, 0.2) is 18.2 Å². The van der Waals surface area contributed by atoms with Gasteiger partial charge in [0.25, 0.3) is 0 Å². The molecule has 1 aromatic carbocycles. The molecule has 60 valence electrons. The summed E-state index contributed by atoms with van der Waals surface area (Å²) >= 11 is 0. The minimum atomic E-state index is 0.575. The second-order valence-electron chi connectivity index (χ2n) is 2.50. The van der Waals surface area contributed by atoms with Crippen LogP contribution in [0.4, 0.5) is 5.69 Å². The predicted octanol–water partition coefficient (Wildman–Crippen LogP) is 0.739. The molecule has 0 atom stereocenters. The Labute approximate surface area is 66.4 Å². The minimum absolute atomic E-state index is 0.575. The van der Waals surface area contributed by atoms with Crippen molar-refractivity contribution in [2.45, 2.75) is 13.5 Å². The molecule has 1 rings (SSSR count). The average molecular weight is 151 g/mol. The Hall–Kier alpha value is -1.06. The Morgan fingerprint density at radius 2 is 2.18 bits per heavy atom. The summed E-state index contributed by atoms with van der Waals surface area (Å²) in [7, 11) is 0. The van der Waals surface area contributed by atoms with Crippen molar-refractivity contribution in [2.24, 2.45) is 11.6 Å². The molecule has 3 nitrogen and oxygen atoms in total. The number of hydrazine groups is 1. The van der Waals surface area contributed by atoms with Crippen LogP contribution in [0.2, 0.25) is 0 Å². The first-order valence-corrected chi connectivity index (χ1v) is 3.54. The van der Waals surface area contributed by atoms with Gasteiger partial charge in [0, 0.05) is 6.54 Å². The van der Waals surface area contributed by atoms with Crippen molar-refractivity contribution in [3.63, 3.8) is 0 Å². The van der Waals surface area contributed by atoms with Crippen LogP contribution in [0.25, 0.3) is 0 Å². The molecule has 5 N–H and O–H groups in total. The summed E-state index contributed by atoms with van der Waals surface area (Å²) in [6, 6.07) is 5.91. The summed E-state index contributed by atoms with van der Waals surface area (Å²) in [4.78, 5) is 0. The maximum Gasteiger partial charge on any atom is 0.0514 e. The number of nitrogens with one attached hydrogen (secondary N) is 1. The van der Waals surface area contributed by atoms with Gasteiger partial charge in [0.2, 0.25) is 0 Å². The van der Waals surface area contributed by atoms with E-state index in [9.17, 15) is 0 Å². The molecule has 0 amide bonds. The second-order valence-corrected chi connectivity index (χ2v) is 2.50. The molecule has 0 fully saturated rings. The third-order valence-electron chi connectivity index (χ3n) is 1.68. The molecule has 0 aliphatic heterocycles. The molecule has 0 aromatic heterocycles. The maximum absolute atomic E-state index is 5.46. The topological polar surface area (TPSA) is 64.1 Å². The third-order valence-corrected chi connectivity index (χ3v) is 1.68. The first-order valence-electron chi connectivity index (χ1n) is 3.54. The van der Waals surface area contributed by atoms with Crippen LogP contribution in [0, 0.1) is 6.92 Å². The first-order chi connectivity index (χ1) is 5.27. The van der Waals surface area contributed by atoms with Gasteiger partial charge >= 0.3 is 0 Å². The molecule has 11 heavy (non-hydrogen) atoms. The summed E-state index contributed by atoms with van der Waals surface area (Å²) in [6.45, 7) is 2.57. The number of nitrogens with two attached hydrogens (primary N) is 2. The number of nitrogen functional groups attached to an aromatic ring is 1. The molecule has 0 aliphatic rings. The Morgan fingerprint density at radius 3 is 2.64 bits per heavy atom. The lowest BCUT2D eigenvalue weighted by atomic mass is 10.1. The second kappa shape index (κ2) is 3.37. The summed E-state index contributed by atoms with van der Waals surface area (Å²) in [5.74, 6) is 5.26. The molecule has 0 aliphatic carbocycles. The number of hydrogen-bond acceptors (Lipinski definition) is 3. The van der Waals surface area contributed by atoms with Gasteiger partial charge in [0.05, 0.1) is 5.69 Å². The first kappa shape index (κ1) is 8.04. The summed E-state index contributed by atoms with van der Waals surface area (Å²) in [5.41, 5.74) is 11.3. The molecule has 3 heteroatoms. The van der Waals surface area contributed by atoms with Gasteiger partial charge in [0.1, 0.15) is 0 Å². The summed E-state index contributed by atoms with van der Waals surface area (Å²) in [6.07, 6.45) is 0. The smallest absolute Gasteiger partial charge is 0.0514 e. The number of anilines is 1. The van der Waals surface area contributed by atoms with E-state index < -0.39 is 0 Å². The van der Waals surface area contributed by atoms with Gasteiger partial charge in [-0.15, -0.1) is 0 Å². The number of benzene rings is 1. The van der Waals surface area contributed by atoms with Crippen LogP contribution in [0.5, 0.6) is 0 Å². The van der Waals surface area contributed by atoms with E-state index in [2.05, 4.69) is 5.43 Å². The molecule has 0 saturated heterocycles. The Bertz CT molecular complexity index is 245. The van der Waals surface area contributed by atoms with E-state index in [0.717, 1.165) is 16.8 Å². The highest BCUT2D eigenvalue weighted by atomic mass is 15.2. The van der Waals surface area contributed by atoms with Gasteiger partial charge in [-0.1, -0.05) is 12.1 Å². The van der Waals surface area contributed by atoms with Gasteiger partial charge < -0.3 is 11.2 Å². The monoisotopic (exact) mass is 151 g/mol. The Kier molecular flexibility index (Phi) is 2.46. The Balaban J connectivity index is 2.99. The van der Waals surface area contributed by atoms with Crippen molar-refractivity contribution in [2.75, 3.05) is 5.43 Å². The molecular weight excluding hydrogens is 138 g/mol. The highest BCUT2D eigenvalue weighted by Crippen LogP contribution is 2.14. The van der Waals surface area contributed by atoms with E-state index in [0.29, 0.717) is 6.54 Å². The van der Waals surface area contributed by atoms with Crippen molar-refractivity contribution < 1.29 is 0 Å². The van der Waals surface area contributed by atoms with E-state index in [-0.39, 0.29) is 0 Å². The number of aryl methyl sites for hydroxylation is 1. The fourth-order valence-electron chi connectivity index (χ4n) is 1.01. The van der Waals surface area contributed by atoms with Crippen molar-refractivity contribution in [1.29, 1.82) is 0 Å². The molecule has 1 aromatic rings. The van der Waals surface area contributed by atoms with Crippen LogP contribution in [0.3, 0.4) is 0 Å². The molecule has 0 heterocycles. The molecular formula is C8H13N3. The van der Waals surface area contributed by atoms with Crippen LogP contribution in [-0.4, -0.2) is 0 Å². The van der Waals surface area contributed by atoms with E-state index in [1.807, 2.05) is 25.1 Å². The summed E-state index contributed by atoms with van der Waals surface area (Å²) in [5, 5.41) is 0. The van der Waals surface area contributed by atoms with Crippen molar-refractivity contribution >= 4 is 5.69 Å². The van der Waals surface area contributed by atoms with Crippen molar-refractivity contribution in [3.05, 3.63) is 29.3 Å². The maximum atomic E-state index is 5.46. The van der Waals surface area contributed by atoms with Gasteiger partial charge in [-0.25, -0.2) is 0 Å². The number of rotatable bonds is 2. The van der Waals surface area contributed by atoms with Crippen LogP contribution in [-0.2, 0) is 6.54 Å². The normalized spacial score (nSPS) is 9.73. The average Bonchev–Trinajstić information content (AvgIpc) is 2.04. The van der Waals surface area contributed by atoms with Gasteiger partial charge in [-0.05, 0) is 24.1 Å². The lowest BCUT2D eigenvalue weighted by Gasteiger charge is -2.05. The molecule has 0 spiro atoms. The SMILES string of the molecule is Cc1cc(CN)ccc1NN.